The van der Waals surface area contributed by atoms with Crippen molar-refractivity contribution in [1.82, 2.24) is 0 Å². The number of benzene rings is 1. The molecule has 0 radical (unpaired) electrons. The topological polar surface area (TPSA) is 35.2 Å². The molecule has 1 aliphatic rings. The lowest BCUT2D eigenvalue weighted by Gasteiger charge is -2.16. The van der Waals surface area contributed by atoms with Crippen molar-refractivity contribution in [3.8, 4) is 5.75 Å². The van der Waals surface area contributed by atoms with Crippen molar-refractivity contribution in [2.45, 2.75) is 24.6 Å². The Bertz CT molecular complexity index is 429. The summed E-state index contributed by atoms with van der Waals surface area (Å²) in [6.45, 7) is 0.123. The van der Waals surface area contributed by atoms with Gasteiger partial charge in [-0.25, -0.2) is 0 Å². The number of hydrogen-bond donors (Lipinski definition) is 1. The summed E-state index contributed by atoms with van der Waals surface area (Å²) in [5.74, 6) is -0.169. The fourth-order valence-electron chi connectivity index (χ4n) is 1.38. The normalized spacial score (nSPS) is 17.9. The molecule has 0 saturated heterocycles. The van der Waals surface area contributed by atoms with E-state index in [0.717, 1.165) is 18.9 Å². The molecular weight excluding hydrogens is 299 g/mol. The SMILES string of the molecule is NC1(COc2ccc(Br)cc2C(F)(F)F)CC1. The largest absolute Gasteiger partial charge is 0.491 e. The van der Waals surface area contributed by atoms with E-state index >= 15 is 0 Å². The van der Waals surface area contributed by atoms with Crippen molar-refractivity contribution in [1.29, 1.82) is 0 Å². The van der Waals surface area contributed by atoms with Crippen LogP contribution in [0.25, 0.3) is 0 Å². The highest BCUT2D eigenvalue weighted by Gasteiger charge is 2.40. The quantitative estimate of drug-likeness (QED) is 0.929. The first-order valence-electron chi connectivity index (χ1n) is 5.09. The molecule has 1 aromatic rings. The first-order chi connectivity index (χ1) is 7.80. The third-order valence-corrected chi connectivity index (χ3v) is 3.15. The second-order valence-corrected chi connectivity index (χ2v) is 5.20. The minimum absolute atomic E-state index is 0.123. The van der Waals surface area contributed by atoms with E-state index in [1.165, 1.54) is 12.1 Å². The van der Waals surface area contributed by atoms with E-state index in [1.807, 2.05) is 0 Å². The van der Waals surface area contributed by atoms with Crippen LogP contribution in [0.5, 0.6) is 5.75 Å². The number of alkyl halides is 3. The molecule has 1 saturated carbocycles. The van der Waals surface area contributed by atoms with Crippen LogP contribution in [0.15, 0.2) is 22.7 Å². The van der Waals surface area contributed by atoms with E-state index in [-0.39, 0.29) is 12.4 Å². The van der Waals surface area contributed by atoms with Crippen LogP contribution < -0.4 is 10.5 Å². The molecule has 0 amide bonds. The Morgan fingerprint density at radius 2 is 2.00 bits per heavy atom. The first kappa shape index (κ1) is 12.7. The van der Waals surface area contributed by atoms with Crippen molar-refractivity contribution < 1.29 is 17.9 Å². The summed E-state index contributed by atoms with van der Waals surface area (Å²) in [6, 6.07) is 3.82. The fraction of sp³-hybridized carbons (Fsp3) is 0.455. The Morgan fingerprint density at radius 1 is 1.35 bits per heavy atom. The van der Waals surface area contributed by atoms with Gasteiger partial charge >= 0.3 is 6.18 Å². The van der Waals surface area contributed by atoms with Gasteiger partial charge in [0.1, 0.15) is 12.4 Å². The van der Waals surface area contributed by atoms with Crippen molar-refractivity contribution in [3.63, 3.8) is 0 Å². The molecular formula is C11H11BrF3NO. The van der Waals surface area contributed by atoms with Crippen molar-refractivity contribution in [2.24, 2.45) is 5.73 Å². The molecule has 1 aliphatic carbocycles. The van der Waals surface area contributed by atoms with Crippen molar-refractivity contribution >= 4 is 15.9 Å². The van der Waals surface area contributed by atoms with Gasteiger partial charge in [0.15, 0.2) is 0 Å². The molecule has 2 rings (SSSR count). The molecule has 1 fully saturated rings. The lowest BCUT2D eigenvalue weighted by Crippen LogP contribution is -2.30. The number of rotatable bonds is 3. The standard InChI is InChI=1S/C11H11BrF3NO/c12-7-1-2-9(8(5-7)11(13,14)15)17-6-10(16)3-4-10/h1-2,5H,3-4,6,16H2. The smallest absolute Gasteiger partial charge is 0.420 e. The van der Waals surface area contributed by atoms with Gasteiger partial charge in [-0.2, -0.15) is 13.2 Å². The van der Waals surface area contributed by atoms with E-state index in [4.69, 9.17) is 10.5 Å². The maximum absolute atomic E-state index is 12.7. The van der Waals surface area contributed by atoms with Crippen molar-refractivity contribution in [2.75, 3.05) is 6.61 Å². The van der Waals surface area contributed by atoms with Gasteiger partial charge in [-0.1, -0.05) is 15.9 Å². The van der Waals surface area contributed by atoms with Gasteiger partial charge < -0.3 is 10.5 Å². The van der Waals surface area contributed by atoms with Crippen LogP contribution in [0.1, 0.15) is 18.4 Å². The van der Waals surface area contributed by atoms with E-state index in [9.17, 15) is 13.2 Å². The zero-order valence-corrected chi connectivity index (χ0v) is 10.4. The average molecular weight is 310 g/mol. The maximum Gasteiger partial charge on any atom is 0.420 e. The first-order valence-corrected chi connectivity index (χ1v) is 5.88. The van der Waals surface area contributed by atoms with Crippen molar-refractivity contribution in [3.05, 3.63) is 28.2 Å². The molecule has 2 N–H and O–H groups in total. The molecule has 0 aliphatic heterocycles. The highest BCUT2D eigenvalue weighted by molar-refractivity contribution is 9.10. The van der Waals surface area contributed by atoms with Crippen LogP contribution in [0, 0.1) is 0 Å². The third-order valence-electron chi connectivity index (χ3n) is 2.65. The van der Waals surface area contributed by atoms with Gasteiger partial charge in [0, 0.05) is 4.47 Å². The molecule has 0 atom stereocenters. The maximum atomic E-state index is 12.7. The Kier molecular flexibility index (Phi) is 3.12. The van der Waals surface area contributed by atoms with Crippen LogP contribution in [0.4, 0.5) is 13.2 Å². The predicted molar refractivity (Wildman–Crippen MR) is 60.8 cm³/mol. The van der Waals surface area contributed by atoms with Gasteiger partial charge in [0.05, 0.1) is 11.1 Å². The Hall–Kier alpha value is -0.750. The van der Waals surface area contributed by atoms with Gasteiger partial charge in [-0.15, -0.1) is 0 Å². The lowest BCUT2D eigenvalue weighted by atomic mass is 10.2. The van der Waals surface area contributed by atoms with E-state index in [2.05, 4.69) is 15.9 Å². The summed E-state index contributed by atoms with van der Waals surface area (Å²) < 4.78 is 43.7. The van der Waals surface area contributed by atoms with E-state index in [1.54, 1.807) is 0 Å². The molecule has 0 spiro atoms. The zero-order chi connectivity index (χ0) is 12.7. The Labute approximate surface area is 105 Å². The summed E-state index contributed by atoms with van der Waals surface area (Å²) in [5.41, 5.74) is 4.55. The summed E-state index contributed by atoms with van der Waals surface area (Å²) in [6.07, 6.45) is -2.83. The number of nitrogens with two attached hydrogens (primary N) is 1. The van der Waals surface area contributed by atoms with Crippen LogP contribution in [-0.2, 0) is 6.18 Å². The Balaban J connectivity index is 2.20. The predicted octanol–water partition coefficient (Wildman–Crippen LogP) is 3.34. The molecule has 2 nitrogen and oxygen atoms in total. The Morgan fingerprint density at radius 3 is 2.53 bits per heavy atom. The highest BCUT2D eigenvalue weighted by Crippen LogP contribution is 2.39. The lowest BCUT2D eigenvalue weighted by molar-refractivity contribution is -0.139. The van der Waals surface area contributed by atoms with Crippen LogP contribution in [0.2, 0.25) is 0 Å². The number of ether oxygens (including phenoxy) is 1. The van der Waals surface area contributed by atoms with E-state index < -0.39 is 17.3 Å². The van der Waals surface area contributed by atoms with Gasteiger partial charge in [-0.05, 0) is 31.0 Å². The monoisotopic (exact) mass is 309 g/mol. The summed E-state index contributed by atoms with van der Waals surface area (Å²) in [7, 11) is 0. The molecule has 94 valence electrons. The average Bonchev–Trinajstić information content (AvgIpc) is 2.94. The highest BCUT2D eigenvalue weighted by atomic mass is 79.9. The zero-order valence-electron chi connectivity index (χ0n) is 8.85. The molecule has 0 heterocycles. The summed E-state index contributed by atoms with van der Waals surface area (Å²) >= 11 is 3.01. The van der Waals surface area contributed by atoms with E-state index in [0.29, 0.717) is 4.47 Å². The fourth-order valence-corrected chi connectivity index (χ4v) is 1.74. The third kappa shape index (κ3) is 3.13. The minimum Gasteiger partial charge on any atom is -0.491 e. The van der Waals surface area contributed by atoms with Crippen LogP contribution in [0.3, 0.4) is 0 Å². The number of halogens is 4. The van der Waals surface area contributed by atoms with Crippen LogP contribution >= 0.6 is 15.9 Å². The molecule has 0 unspecified atom stereocenters. The number of hydrogen-bond acceptors (Lipinski definition) is 2. The molecule has 17 heavy (non-hydrogen) atoms. The molecule has 0 bridgehead atoms. The summed E-state index contributed by atoms with van der Waals surface area (Å²) in [5, 5.41) is 0. The minimum atomic E-state index is -4.43. The van der Waals surface area contributed by atoms with Gasteiger partial charge in [0.2, 0.25) is 0 Å². The second kappa shape index (κ2) is 4.17. The summed E-state index contributed by atoms with van der Waals surface area (Å²) in [4.78, 5) is 0. The molecule has 1 aromatic carbocycles. The van der Waals surface area contributed by atoms with Gasteiger partial charge in [0.25, 0.3) is 0 Å². The molecule has 6 heteroatoms. The van der Waals surface area contributed by atoms with Gasteiger partial charge in [-0.3, -0.25) is 0 Å². The second-order valence-electron chi connectivity index (χ2n) is 4.29. The van der Waals surface area contributed by atoms with Crippen LogP contribution in [-0.4, -0.2) is 12.1 Å². The molecule has 0 aromatic heterocycles.